The number of anilines is 1. The molecule has 4 nitrogen and oxygen atoms in total. The number of halogens is 3. The molecule has 1 N–H and O–H groups in total. The number of rotatable bonds is 4. The van der Waals surface area contributed by atoms with E-state index in [0.29, 0.717) is 12.1 Å². The molecular weight excluding hydrogens is 379 g/mol. The average Bonchev–Trinajstić information content (AvgIpc) is 2.88. The lowest BCUT2D eigenvalue weighted by atomic mass is 10.0. The van der Waals surface area contributed by atoms with Crippen LogP contribution in [0, 0.1) is 0 Å². The Kier molecular flexibility index (Phi) is 5.22. The van der Waals surface area contributed by atoms with Crippen molar-refractivity contribution in [3.05, 3.63) is 70.9 Å². The third kappa shape index (κ3) is 4.09. The molecule has 0 atom stereocenters. The van der Waals surface area contributed by atoms with Crippen molar-refractivity contribution in [3.8, 4) is 11.4 Å². The van der Waals surface area contributed by atoms with Crippen molar-refractivity contribution in [1.29, 1.82) is 0 Å². The monoisotopic (exact) mass is 401 g/mol. The number of aromatic nitrogens is 2. The number of fused-ring (bicyclic) bond motifs is 1. The summed E-state index contributed by atoms with van der Waals surface area (Å²) in [6, 6.07) is 13.0. The molecule has 7 heteroatoms. The van der Waals surface area contributed by atoms with Crippen LogP contribution in [0.4, 0.5) is 19.0 Å². The minimum absolute atomic E-state index is 0.612. The first kappa shape index (κ1) is 19.4. The van der Waals surface area contributed by atoms with E-state index in [0.717, 1.165) is 66.3 Å². The van der Waals surface area contributed by atoms with E-state index in [-0.39, 0.29) is 0 Å². The van der Waals surface area contributed by atoms with Gasteiger partial charge in [-0.15, -0.1) is 0 Å². The molecule has 0 saturated heterocycles. The van der Waals surface area contributed by atoms with Gasteiger partial charge in [0.1, 0.15) is 11.6 Å². The quantitative estimate of drug-likeness (QED) is 0.650. The fourth-order valence-electron chi connectivity index (χ4n) is 3.67. The van der Waals surface area contributed by atoms with Crippen LogP contribution in [0.2, 0.25) is 0 Å². The van der Waals surface area contributed by atoms with Gasteiger partial charge in [-0.25, -0.2) is 4.68 Å². The highest BCUT2D eigenvalue weighted by Crippen LogP contribution is 2.32. The lowest BCUT2D eigenvalue weighted by Crippen LogP contribution is -2.08. The molecule has 0 aliphatic carbocycles. The zero-order chi connectivity index (χ0) is 20.4. The highest BCUT2D eigenvalue weighted by Gasteiger charge is 2.30. The minimum atomic E-state index is -4.35. The Labute approximate surface area is 167 Å². The molecule has 29 heavy (non-hydrogen) atoms. The third-order valence-electron chi connectivity index (χ3n) is 5.16. The first-order chi connectivity index (χ1) is 14.0. The van der Waals surface area contributed by atoms with Crippen LogP contribution in [-0.2, 0) is 19.0 Å². The summed E-state index contributed by atoms with van der Waals surface area (Å²) in [5, 5.41) is 8.20. The summed E-state index contributed by atoms with van der Waals surface area (Å²) >= 11 is 0. The van der Waals surface area contributed by atoms with Gasteiger partial charge in [0, 0.05) is 18.5 Å². The second-order valence-electron chi connectivity index (χ2n) is 7.14. The van der Waals surface area contributed by atoms with Crippen molar-refractivity contribution >= 4 is 5.82 Å². The maximum absolute atomic E-state index is 12.9. The molecule has 1 aliphatic heterocycles. The van der Waals surface area contributed by atoms with Crippen LogP contribution in [0.1, 0.15) is 35.2 Å². The standard InChI is InChI=1S/C22H22F3N3O/c1-29-18-6-4-5-15(13-18)14-20-19-7-2-3-12-26-21(19)28(27-20)17-10-8-16(9-11-17)22(23,24)25/h4-6,8-11,13,26H,2-3,7,12,14H2,1H3. The molecular formula is C22H22F3N3O. The first-order valence-corrected chi connectivity index (χ1v) is 9.61. The smallest absolute Gasteiger partial charge is 0.416 e. The SMILES string of the molecule is COc1cccc(Cc2nn(-c3ccc(C(F)(F)F)cc3)c3c2CCCCN3)c1. The minimum Gasteiger partial charge on any atom is -0.497 e. The van der Waals surface area contributed by atoms with Crippen LogP contribution >= 0.6 is 0 Å². The van der Waals surface area contributed by atoms with E-state index in [1.165, 1.54) is 12.1 Å². The van der Waals surface area contributed by atoms with Crippen molar-refractivity contribution in [2.45, 2.75) is 31.9 Å². The summed E-state index contributed by atoms with van der Waals surface area (Å²) in [4.78, 5) is 0. The van der Waals surface area contributed by atoms with Gasteiger partial charge in [-0.2, -0.15) is 18.3 Å². The van der Waals surface area contributed by atoms with Gasteiger partial charge < -0.3 is 10.1 Å². The fourth-order valence-corrected chi connectivity index (χ4v) is 3.67. The van der Waals surface area contributed by atoms with E-state index in [4.69, 9.17) is 9.84 Å². The second-order valence-corrected chi connectivity index (χ2v) is 7.14. The molecule has 4 rings (SSSR count). The van der Waals surface area contributed by atoms with E-state index in [1.807, 2.05) is 24.3 Å². The third-order valence-corrected chi connectivity index (χ3v) is 5.16. The number of hydrogen-bond donors (Lipinski definition) is 1. The zero-order valence-electron chi connectivity index (χ0n) is 16.1. The lowest BCUT2D eigenvalue weighted by Gasteiger charge is -2.11. The molecule has 1 aliphatic rings. The topological polar surface area (TPSA) is 39.1 Å². The maximum atomic E-state index is 12.9. The van der Waals surface area contributed by atoms with Crippen molar-refractivity contribution < 1.29 is 17.9 Å². The second kappa shape index (κ2) is 7.81. The molecule has 0 spiro atoms. The van der Waals surface area contributed by atoms with Crippen LogP contribution in [0.5, 0.6) is 5.75 Å². The van der Waals surface area contributed by atoms with Crippen molar-refractivity contribution in [2.24, 2.45) is 0 Å². The Balaban J connectivity index is 1.73. The Bertz CT molecular complexity index is 994. The Morgan fingerprint density at radius 3 is 2.62 bits per heavy atom. The first-order valence-electron chi connectivity index (χ1n) is 9.61. The van der Waals surface area contributed by atoms with Crippen LogP contribution in [0.3, 0.4) is 0 Å². The number of alkyl halides is 3. The number of nitrogens with zero attached hydrogens (tertiary/aromatic N) is 2. The predicted octanol–water partition coefficient (Wildman–Crippen LogP) is 5.24. The van der Waals surface area contributed by atoms with E-state index in [9.17, 15) is 13.2 Å². The molecule has 0 saturated carbocycles. The molecule has 0 fully saturated rings. The van der Waals surface area contributed by atoms with Gasteiger partial charge in [-0.05, 0) is 61.2 Å². The van der Waals surface area contributed by atoms with Gasteiger partial charge in [-0.1, -0.05) is 12.1 Å². The van der Waals surface area contributed by atoms with E-state index < -0.39 is 11.7 Å². The largest absolute Gasteiger partial charge is 0.497 e. The fraction of sp³-hybridized carbons (Fsp3) is 0.318. The molecule has 0 unspecified atom stereocenters. The molecule has 152 valence electrons. The van der Waals surface area contributed by atoms with Crippen molar-refractivity contribution in [1.82, 2.24) is 9.78 Å². The van der Waals surface area contributed by atoms with Crippen LogP contribution in [-0.4, -0.2) is 23.4 Å². The van der Waals surface area contributed by atoms with Crippen LogP contribution in [0.15, 0.2) is 48.5 Å². The number of ether oxygens (including phenoxy) is 1. The van der Waals surface area contributed by atoms with Gasteiger partial charge >= 0.3 is 6.18 Å². The molecule has 1 aromatic heterocycles. The number of nitrogens with one attached hydrogen (secondary N) is 1. The number of hydrogen-bond acceptors (Lipinski definition) is 3. The normalized spacial score (nSPS) is 14.1. The van der Waals surface area contributed by atoms with E-state index >= 15 is 0 Å². The van der Waals surface area contributed by atoms with Crippen LogP contribution < -0.4 is 10.1 Å². The van der Waals surface area contributed by atoms with Gasteiger partial charge in [0.25, 0.3) is 0 Å². The zero-order valence-corrected chi connectivity index (χ0v) is 16.1. The number of benzene rings is 2. The van der Waals surface area contributed by atoms with Crippen molar-refractivity contribution in [3.63, 3.8) is 0 Å². The van der Waals surface area contributed by atoms with Crippen LogP contribution in [0.25, 0.3) is 5.69 Å². The summed E-state index contributed by atoms with van der Waals surface area (Å²) in [5.41, 5.74) is 3.09. The Morgan fingerprint density at radius 1 is 1.10 bits per heavy atom. The summed E-state index contributed by atoms with van der Waals surface area (Å²) in [5.74, 6) is 1.66. The summed E-state index contributed by atoms with van der Waals surface area (Å²) in [6.45, 7) is 0.817. The maximum Gasteiger partial charge on any atom is 0.416 e. The van der Waals surface area contributed by atoms with Gasteiger partial charge in [0.2, 0.25) is 0 Å². The Hall–Kier alpha value is -2.96. The molecule has 2 heterocycles. The van der Waals surface area contributed by atoms with E-state index in [1.54, 1.807) is 11.8 Å². The summed E-state index contributed by atoms with van der Waals surface area (Å²) in [6.07, 6.45) is -0.740. The number of methoxy groups -OCH3 is 1. The molecule has 0 bridgehead atoms. The van der Waals surface area contributed by atoms with Gasteiger partial charge in [0.15, 0.2) is 0 Å². The molecule has 3 aromatic rings. The van der Waals surface area contributed by atoms with E-state index in [2.05, 4.69) is 5.32 Å². The Morgan fingerprint density at radius 2 is 1.90 bits per heavy atom. The van der Waals surface area contributed by atoms with Gasteiger partial charge in [-0.3, -0.25) is 0 Å². The molecule has 0 amide bonds. The summed E-state index contributed by atoms with van der Waals surface area (Å²) < 4.78 is 45.8. The highest BCUT2D eigenvalue weighted by molar-refractivity contribution is 5.55. The molecule has 0 radical (unpaired) electrons. The lowest BCUT2D eigenvalue weighted by molar-refractivity contribution is -0.137. The summed E-state index contributed by atoms with van der Waals surface area (Å²) in [7, 11) is 1.63. The average molecular weight is 401 g/mol. The van der Waals surface area contributed by atoms with Crippen molar-refractivity contribution in [2.75, 3.05) is 19.0 Å². The molecule has 2 aromatic carbocycles. The highest BCUT2D eigenvalue weighted by atomic mass is 19.4. The predicted molar refractivity (Wildman–Crippen MR) is 106 cm³/mol. The van der Waals surface area contributed by atoms with Gasteiger partial charge in [0.05, 0.1) is 24.1 Å².